The van der Waals surface area contributed by atoms with Gasteiger partial charge in [-0.3, -0.25) is 9.89 Å². The van der Waals surface area contributed by atoms with E-state index in [1.165, 1.54) is 49.6 Å². The van der Waals surface area contributed by atoms with Crippen LogP contribution in [0.1, 0.15) is 43.8 Å². The van der Waals surface area contributed by atoms with E-state index in [-0.39, 0.29) is 24.0 Å². The molecule has 0 radical (unpaired) electrons. The Balaban J connectivity index is 0.00000320. The van der Waals surface area contributed by atoms with Crippen LogP contribution in [0.3, 0.4) is 0 Å². The van der Waals surface area contributed by atoms with Gasteiger partial charge in [0.05, 0.1) is 10.7 Å². The maximum atomic E-state index is 4.61. The molecular formula is C22H41IN6S. The molecule has 0 aliphatic carbocycles. The van der Waals surface area contributed by atoms with Gasteiger partial charge in [-0.2, -0.15) is 0 Å². The Morgan fingerprint density at radius 1 is 1.20 bits per heavy atom. The number of guanidine groups is 1. The van der Waals surface area contributed by atoms with Gasteiger partial charge in [0.2, 0.25) is 0 Å². The third-order valence-corrected chi connectivity index (χ3v) is 7.34. The zero-order valence-corrected chi connectivity index (χ0v) is 22.4. The molecule has 0 amide bonds. The van der Waals surface area contributed by atoms with E-state index >= 15 is 0 Å². The monoisotopic (exact) mass is 548 g/mol. The molecule has 2 aliphatic rings. The summed E-state index contributed by atoms with van der Waals surface area (Å²) in [6, 6.07) is 0. The molecule has 1 atom stereocenters. The fourth-order valence-corrected chi connectivity index (χ4v) is 5.25. The predicted molar refractivity (Wildman–Crippen MR) is 139 cm³/mol. The second-order valence-electron chi connectivity index (χ2n) is 8.59. The van der Waals surface area contributed by atoms with Gasteiger partial charge in [-0.1, -0.05) is 13.8 Å². The first-order chi connectivity index (χ1) is 14.1. The summed E-state index contributed by atoms with van der Waals surface area (Å²) in [5, 5.41) is 7.06. The zero-order valence-electron chi connectivity index (χ0n) is 19.3. The number of thiazole rings is 1. The van der Waals surface area contributed by atoms with Crippen LogP contribution >= 0.6 is 35.3 Å². The van der Waals surface area contributed by atoms with Gasteiger partial charge in [-0.15, -0.1) is 35.3 Å². The van der Waals surface area contributed by atoms with Gasteiger partial charge in [0, 0.05) is 45.2 Å². The smallest absolute Gasteiger partial charge is 0.193 e. The van der Waals surface area contributed by atoms with Gasteiger partial charge < -0.3 is 15.1 Å². The molecule has 0 saturated carbocycles. The lowest BCUT2D eigenvalue weighted by atomic mass is 9.97. The average molecular weight is 549 g/mol. The van der Waals surface area contributed by atoms with Gasteiger partial charge >= 0.3 is 0 Å². The summed E-state index contributed by atoms with van der Waals surface area (Å²) in [6.07, 6.45) is 3.81. The first-order valence-electron chi connectivity index (χ1n) is 11.4. The largest absolute Gasteiger partial charge is 0.356 e. The van der Waals surface area contributed by atoms with Crippen molar-refractivity contribution in [3.05, 3.63) is 16.1 Å². The average Bonchev–Trinajstić information content (AvgIpc) is 3.37. The van der Waals surface area contributed by atoms with Crippen molar-refractivity contribution in [3.63, 3.8) is 0 Å². The Morgan fingerprint density at radius 3 is 2.50 bits per heavy atom. The van der Waals surface area contributed by atoms with Crippen LogP contribution in [0.15, 0.2) is 10.4 Å². The summed E-state index contributed by atoms with van der Waals surface area (Å²) in [5.74, 6) is 2.62. The lowest BCUT2D eigenvalue weighted by Crippen LogP contribution is -2.44. The van der Waals surface area contributed by atoms with E-state index in [4.69, 9.17) is 0 Å². The highest BCUT2D eigenvalue weighted by molar-refractivity contribution is 14.0. The summed E-state index contributed by atoms with van der Waals surface area (Å²) in [6.45, 7) is 16.8. The molecule has 8 heteroatoms. The third-order valence-electron chi connectivity index (χ3n) is 6.52. The molecule has 30 heavy (non-hydrogen) atoms. The van der Waals surface area contributed by atoms with E-state index in [0.29, 0.717) is 0 Å². The van der Waals surface area contributed by atoms with Crippen LogP contribution in [0.25, 0.3) is 0 Å². The first kappa shape index (κ1) is 25.8. The number of likely N-dealkylation sites (tertiary alicyclic amines) is 2. The van der Waals surface area contributed by atoms with Gasteiger partial charge in [0.1, 0.15) is 0 Å². The van der Waals surface area contributed by atoms with Crippen LogP contribution in [-0.4, -0.2) is 85.0 Å². The van der Waals surface area contributed by atoms with Crippen LogP contribution < -0.4 is 5.32 Å². The van der Waals surface area contributed by atoms with Crippen molar-refractivity contribution in [2.24, 2.45) is 16.8 Å². The topological polar surface area (TPSA) is 47.0 Å². The maximum Gasteiger partial charge on any atom is 0.193 e. The Morgan fingerprint density at radius 2 is 1.90 bits per heavy atom. The molecule has 1 unspecified atom stereocenters. The number of piperidine rings is 1. The van der Waals surface area contributed by atoms with Gasteiger partial charge in [0.15, 0.2) is 5.96 Å². The fraction of sp³-hybridized carbons (Fsp3) is 0.818. The van der Waals surface area contributed by atoms with Crippen LogP contribution in [0.5, 0.6) is 0 Å². The number of aliphatic imine (C=N–C) groups is 1. The minimum Gasteiger partial charge on any atom is -0.356 e. The van der Waals surface area contributed by atoms with E-state index in [1.807, 2.05) is 7.05 Å². The van der Waals surface area contributed by atoms with E-state index < -0.39 is 0 Å². The number of aromatic nitrogens is 1. The van der Waals surface area contributed by atoms with Crippen molar-refractivity contribution in [3.8, 4) is 0 Å². The maximum absolute atomic E-state index is 4.61. The molecule has 3 heterocycles. The van der Waals surface area contributed by atoms with Gasteiger partial charge in [-0.05, 0) is 64.2 Å². The number of hydrogen-bond donors (Lipinski definition) is 1. The fourth-order valence-electron chi connectivity index (χ4n) is 4.65. The van der Waals surface area contributed by atoms with E-state index in [9.17, 15) is 0 Å². The minimum atomic E-state index is 0. The predicted octanol–water partition coefficient (Wildman–Crippen LogP) is 3.52. The minimum absolute atomic E-state index is 0. The molecule has 1 aromatic heterocycles. The van der Waals surface area contributed by atoms with Crippen molar-refractivity contribution in [1.29, 1.82) is 0 Å². The molecule has 172 valence electrons. The normalized spacial score (nSPS) is 21.3. The summed E-state index contributed by atoms with van der Waals surface area (Å²) in [7, 11) is 1.93. The number of rotatable bonds is 8. The molecule has 3 rings (SSSR count). The highest BCUT2D eigenvalue weighted by Gasteiger charge is 2.27. The Bertz CT molecular complexity index is 639. The van der Waals surface area contributed by atoms with Gasteiger partial charge in [0.25, 0.3) is 0 Å². The summed E-state index contributed by atoms with van der Waals surface area (Å²) in [4.78, 5) is 16.8. The second-order valence-corrected chi connectivity index (χ2v) is 9.65. The quantitative estimate of drug-likeness (QED) is 0.306. The van der Waals surface area contributed by atoms with Gasteiger partial charge in [-0.25, -0.2) is 4.98 Å². The van der Waals surface area contributed by atoms with Crippen LogP contribution in [0.4, 0.5) is 0 Å². The van der Waals surface area contributed by atoms with E-state index in [1.54, 1.807) is 11.3 Å². The summed E-state index contributed by atoms with van der Waals surface area (Å²) < 4.78 is 0. The number of nitrogens with one attached hydrogen (secondary N) is 1. The number of halogens is 1. The molecule has 0 aromatic carbocycles. The number of nitrogens with zero attached hydrogens (tertiary/aromatic N) is 5. The van der Waals surface area contributed by atoms with Crippen molar-refractivity contribution in [2.75, 3.05) is 59.4 Å². The molecule has 0 spiro atoms. The van der Waals surface area contributed by atoms with E-state index in [2.05, 4.69) is 56.1 Å². The highest BCUT2D eigenvalue weighted by atomic mass is 127. The third kappa shape index (κ3) is 7.60. The second kappa shape index (κ2) is 13.2. The zero-order chi connectivity index (χ0) is 20.6. The Labute approximate surface area is 204 Å². The standard InChI is InChI=1S/C22H40N6S.HI/c1-5-26(6-2)14-20-9-12-28(15-20)22(23-4)24-13-19-7-10-27(11-8-19)16-21-17-29-18(3)25-21;/h17,19-20H,5-16H2,1-4H3,(H,23,24);1H. The first-order valence-corrected chi connectivity index (χ1v) is 12.3. The molecule has 0 bridgehead atoms. The summed E-state index contributed by atoms with van der Waals surface area (Å²) in [5.41, 5.74) is 1.23. The summed E-state index contributed by atoms with van der Waals surface area (Å²) >= 11 is 1.76. The lowest BCUT2D eigenvalue weighted by molar-refractivity contribution is 0.176. The molecule has 1 aromatic rings. The molecule has 2 aliphatic heterocycles. The molecule has 2 saturated heterocycles. The highest BCUT2D eigenvalue weighted by Crippen LogP contribution is 2.20. The molecule has 6 nitrogen and oxygen atoms in total. The van der Waals surface area contributed by atoms with Crippen molar-refractivity contribution in [1.82, 2.24) is 25.0 Å². The Kier molecular flexibility index (Phi) is 11.3. The van der Waals surface area contributed by atoms with Crippen LogP contribution in [-0.2, 0) is 6.54 Å². The Hall–Kier alpha value is -0.450. The number of hydrogen-bond acceptors (Lipinski definition) is 5. The molecule has 2 fully saturated rings. The van der Waals surface area contributed by atoms with Crippen LogP contribution in [0.2, 0.25) is 0 Å². The van der Waals surface area contributed by atoms with Crippen molar-refractivity contribution < 1.29 is 0 Å². The van der Waals surface area contributed by atoms with Crippen molar-refractivity contribution >= 4 is 41.3 Å². The SMILES string of the molecule is CCN(CC)CC1CCN(C(=NC)NCC2CCN(Cc3csc(C)n3)CC2)C1.I. The molecular weight excluding hydrogens is 507 g/mol. The number of aryl methyl sites for hydroxylation is 1. The molecule has 1 N–H and O–H groups in total. The van der Waals surface area contributed by atoms with Crippen LogP contribution in [0, 0.1) is 18.8 Å². The van der Waals surface area contributed by atoms with E-state index in [0.717, 1.165) is 57.1 Å². The van der Waals surface area contributed by atoms with Crippen molar-refractivity contribution in [2.45, 2.75) is 46.6 Å². The lowest BCUT2D eigenvalue weighted by Gasteiger charge is -2.32.